The first-order valence-corrected chi connectivity index (χ1v) is 8.21. The fourth-order valence-corrected chi connectivity index (χ4v) is 2.68. The van der Waals surface area contributed by atoms with Crippen LogP contribution in [0.3, 0.4) is 0 Å². The highest BCUT2D eigenvalue weighted by Crippen LogP contribution is 2.23. The molecule has 0 amide bonds. The second-order valence-electron chi connectivity index (χ2n) is 5.05. The van der Waals surface area contributed by atoms with E-state index in [2.05, 4.69) is 17.2 Å². The van der Waals surface area contributed by atoms with Crippen molar-refractivity contribution in [3.05, 3.63) is 76.6 Å². The van der Waals surface area contributed by atoms with Crippen molar-refractivity contribution < 1.29 is 0 Å². The summed E-state index contributed by atoms with van der Waals surface area (Å²) < 4.78 is 1.80. The fraction of sp³-hybridized carbons (Fsp3) is 0.111. The van der Waals surface area contributed by atoms with Crippen molar-refractivity contribution in [3.63, 3.8) is 0 Å². The minimum absolute atomic E-state index is 0.0905. The summed E-state index contributed by atoms with van der Waals surface area (Å²) in [5.74, 6) is 0. The molecule has 0 fully saturated rings. The van der Waals surface area contributed by atoms with Gasteiger partial charge in [-0.05, 0) is 37.4 Å². The standard InChI is InChI=1S/C18H16N2OS/c1-13-3-7-15(8-4-13)20-18(11-16(21)12-19-20)14-5-9-17(22-2)10-6-14/h3-12H,1-2H3. The van der Waals surface area contributed by atoms with Crippen molar-refractivity contribution >= 4 is 11.8 Å². The normalized spacial score (nSPS) is 10.6. The van der Waals surface area contributed by atoms with Crippen LogP contribution in [0.5, 0.6) is 0 Å². The summed E-state index contributed by atoms with van der Waals surface area (Å²) in [4.78, 5) is 12.9. The van der Waals surface area contributed by atoms with Crippen molar-refractivity contribution in [3.8, 4) is 16.9 Å². The van der Waals surface area contributed by atoms with Gasteiger partial charge in [0.2, 0.25) is 5.43 Å². The lowest BCUT2D eigenvalue weighted by Crippen LogP contribution is -2.11. The molecule has 0 bridgehead atoms. The largest absolute Gasteiger partial charge is 0.288 e. The van der Waals surface area contributed by atoms with Gasteiger partial charge in [0.25, 0.3) is 0 Å². The predicted molar refractivity (Wildman–Crippen MR) is 91.8 cm³/mol. The zero-order valence-electron chi connectivity index (χ0n) is 12.5. The average molecular weight is 308 g/mol. The molecule has 0 aliphatic carbocycles. The monoisotopic (exact) mass is 308 g/mol. The molecule has 0 unspecified atom stereocenters. The summed E-state index contributed by atoms with van der Waals surface area (Å²) >= 11 is 1.69. The average Bonchev–Trinajstić information content (AvgIpc) is 2.56. The Morgan fingerprint density at radius 1 is 1.00 bits per heavy atom. The van der Waals surface area contributed by atoms with E-state index in [9.17, 15) is 4.79 Å². The van der Waals surface area contributed by atoms with Crippen molar-refractivity contribution in [2.45, 2.75) is 11.8 Å². The number of rotatable bonds is 3. The second kappa shape index (κ2) is 6.20. The third-order valence-electron chi connectivity index (χ3n) is 3.47. The molecule has 3 rings (SSSR count). The molecule has 3 aromatic rings. The summed E-state index contributed by atoms with van der Waals surface area (Å²) in [5, 5.41) is 4.30. The van der Waals surface area contributed by atoms with E-state index in [0.29, 0.717) is 0 Å². The molecule has 0 atom stereocenters. The van der Waals surface area contributed by atoms with Crippen molar-refractivity contribution in [2.75, 3.05) is 6.26 Å². The van der Waals surface area contributed by atoms with Crippen LogP contribution < -0.4 is 5.43 Å². The maximum Gasteiger partial charge on any atom is 0.200 e. The zero-order chi connectivity index (χ0) is 15.5. The van der Waals surface area contributed by atoms with Crippen LogP contribution in [0.4, 0.5) is 0 Å². The quantitative estimate of drug-likeness (QED) is 0.688. The lowest BCUT2D eigenvalue weighted by Gasteiger charge is -2.12. The Bertz CT molecular complexity index is 836. The van der Waals surface area contributed by atoms with E-state index < -0.39 is 0 Å². The van der Waals surface area contributed by atoms with E-state index in [1.807, 2.05) is 49.6 Å². The SMILES string of the molecule is CSc1ccc(-c2cc(=O)cnn2-c2ccc(C)cc2)cc1. The van der Waals surface area contributed by atoms with E-state index in [0.717, 1.165) is 16.9 Å². The van der Waals surface area contributed by atoms with Crippen molar-refractivity contribution in [1.82, 2.24) is 9.78 Å². The molecule has 1 aromatic heterocycles. The maximum atomic E-state index is 11.7. The van der Waals surface area contributed by atoms with Gasteiger partial charge < -0.3 is 0 Å². The summed E-state index contributed by atoms with van der Waals surface area (Å²) in [7, 11) is 0. The zero-order valence-corrected chi connectivity index (χ0v) is 13.3. The highest BCUT2D eigenvalue weighted by molar-refractivity contribution is 7.98. The third kappa shape index (κ3) is 2.97. The number of aromatic nitrogens is 2. The molecular weight excluding hydrogens is 292 g/mol. The molecule has 0 N–H and O–H groups in total. The van der Waals surface area contributed by atoms with Crippen LogP contribution in [-0.4, -0.2) is 16.0 Å². The molecule has 3 nitrogen and oxygen atoms in total. The lowest BCUT2D eigenvalue weighted by atomic mass is 10.1. The van der Waals surface area contributed by atoms with Gasteiger partial charge in [-0.1, -0.05) is 29.8 Å². The van der Waals surface area contributed by atoms with Crippen LogP contribution in [0.15, 0.2) is 70.5 Å². The molecule has 4 heteroatoms. The van der Waals surface area contributed by atoms with Crippen LogP contribution in [0.2, 0.25) is 0 Å². The first-order chi connectivity index (χ1) is 10.7. The van der Waals surface area contributed by atoms with E-state index in [1.165, 1.54) is 16.7 Å². The summed E-state index contributed by atoms with van der Waals surface area (Å²) in [6.07, 6.45) is 3.39. The van der Waals surface area contributed by atoms with Crippen LogP contribution in [0.1, 0.15) is 5.56 Å². The molecule has 2 aromatic carbocycles. The van der Waals surface area contributed by atoms with Crippen molar-refractivity contribution in [2.24, 2.45) is 0 Å². The fourth-order valence-electron chi connectivity index (χ4n) is 2.27. The van der Waals surface area contributed by atoms with Gasteiger partial charge in [0.05, 0.1) is 17.6 Å². The first-order valence-electron chi connectivity index (χ1n) is 6.98. The van der Waals surface area contributed by atoms with Crippen LogP contribution in [0.25, 0.3) is 16.9 Å². The molecule has 0 saturated heterocycles. The Labute approximate surface area is 133 Å². The van der Waals surface area contributed by atoms with E-state index in [1.54, 1.807) is 22.5 Å². The number of aryl methyl sites for hydroxylation is 1. The second-order valence-corrected chi connectivity index (χ2v) is 5.93. The van der Waals surface area contributed by atoms with Gasteiger partial charge in [-0.15, -0.1) is 11.8 Å². The molecule has 0 radical (unpaired) electrons. The van der Waals surface area contributed by atoms with Gasteiger partial charge in [-0.3, -0.25) is 4.79 Å². The van der Waals surface area contributed by atoms with Crippen LogP contribution >= 0.6 is 11.8 Å². The van der Waals surface area contributed by atoms with Gasteiger partial charge in [-0.2, -0.15) is 5.10 Å². The van der Waals surface area contributed by atoms with Gasteiger partial charge in [-0.25, -0.2) is 4.68 Å². The Morgan fingerprint density at radius 3 is 2.32 bits per heavy atom. The van der Waals surface area contributed by atoms with Crippen LogP contribution in [-0.2, 0) is 0 Å². The number of thioether (sulfide) groups is 1. The molecule has 0 saturated carbocycles. The van der Waals surface area contributed by atoms with Crippen LogP contribution in [0, 0.1) is 6.92 Å². The van der Waals surface area contributed by atoms with E-state index in [4.69, 9.17) is 0 Å². The van der Waals surface area contributed by atoms with Gasteiger partial charge in [0.15, 0.2) is 0 Å². The number of benzene rings is 2. The Kier molecular flexibility index (Phi) is 4.11. The topological polar surface area (TPSA) is 34.9 Å². The summed E-state index contributed by atoms with van der Waals surface area (Å²) in [5.41, 5.74) is 3.81. The number of nitrogens with zero attached hydrogens (tertiary/aromatic N) is 2. The Hall–Kier alpha value is -2.33. The highest BCUT2D eigenvalue weighted by Gasteiger charge is 2.07. The number of hydrogen-bond acceptors (Lipinski definition) is 3. The maximum absolute atomic E-state index is 11.7. The van der Waals surface area contributed by atoms with Gasteiger partial charge in [0, 0.05) is 16.5 Å². The third-order valence-corrected chi connectivity index (χ3v) is 4.22. The van der Waals surface area contributed by atoms with Gasteiger partial charge in [0.1, 0.15) is 0 Å². The summed E-state index contributed by atoms with van der Waals surface area (Å²) in [6, 6.07) is 17.9. The minimum Gasteiger partial charge on any atom is -0.288 e. The molecule has 110 valence electrons. The van der Waals surface area contributed by atoms with E-state index in [-0.39, 0.29) is 5.43 Å². The molecule has 0 aliphatic rings. The van der Waals surface area contributed by atoms with Crippen molar-refractivity contribution in [1.29, 1.82) is 0 Å². The Morgan fingerprint density at radius 2 is 1.68 bits per heavy atom. The predicted octanol–water partition coefficient (Wildman–Crippen LogP) is 3.93. The highest BCUT2D eigenvalue weighted by atomic mass is 32.2. The molecule has 22 heavy (non-hydrogen) atoms. The Balaban J connectivity index is 2.15. The first kappa shape index (κ1) is 14.6. The molecular formula is C18H16N2OS. The molecule has 1 heterocycles. The van der Waals surface area contributed by atoms with E-state index >= 15 is 0 Å². The minimum atomic E-state index is -0.0905. The van der Waals surface area contributed by atoms with Gasteiger partial charge >= 0.3 is 0 Å². The molecule has 0 spiro atoms. The summed E-state index contributed by atoms with van der Waals surface area (Å²) in [6.45, 7) is 2.05. The molecule has 0 aliphatic heterocycles. The number of hydrogen-bond donors (Lipinski definition) is 0. The smallest absolute Gasteiger partial charge is 0.200 e. The lowest BCUT2D eigenvalue weighted by molar-refractivity contribution is 0.845.